The highest BCUT2D eigenvalue weighted by Crippen LogP contribution is 2.22. The predicted molar refractivity (Wildman–Crippen MR) is 67.2 cm³/mol. The maximum absolute atomic E-state index is 12.5. The second kappa shape index (κ2) is 6.51. The highest BCUT2D eigenvalue weighted by molar-refractivity contribution is 7.89. The van der Waals surface area contributed by atoms with Gasteiger partial charge in [-0.05, 0) is 18.1 Å². The number of nitrogens with zero attached hydrogens (tertiary/aromatic N) is 2. The number of sulfonamides is 1. The van der Waals surface area contributed by atoms with Crippen molar-refractivity contribution in [3.8, 4) is 0 Å². The molecule has 0 saturated carbocycles. The van der Waals surface area contributed by atoms with Crippen molar-refractivity contribution in [2.45, 2.75) is 31.1 Å². The molecule has 1 aromatic heterocycles. The minimum Gasteiger partial charge on any atom is -0.326 e. The molecule has 0 aliphatic heterocycles. The van der Waals surface area contributed by atoms with Gasteiger partial charge in [-0.25, -0.2) is 13.4 Å². The molecule has 1 aromatic rings. The van der Waals surface area contributed by atoms with Gasteiger partial charge in [0.2, 0.25) is 0 Å². The fourth-order valence-electron chi connectivity index (χ4n) is 1.55. The van der Waals surface area contributed by atoms with Gasteiger partial charge in [0.1, 0.15) is 6.54 Å². The molecular weight excluding hydrogens is 295 g/mol. The van der Waals surface area contributed by atoms with Gasteiger partial charge in [0, 0.05) is 19.3 Å². The summed E-state index contributed by atoms with van der Waals surface area (Å²) in [5, 5.41) is -0.410. The molecule has 0 amide bonds. The van der Waals surface area contributed by atoms with Crippen molar-refractivity contribution >= 4 is 10.0 Å². The number of hydrogen-bond donors (Lipinski definition) is 1. The first-order valence-electron chi connectivity index (χ1n) is 5.92. The van der Waals surface area contributed by atoms with Gasteiger partial charge in [-0.15, -0.1) is 0 Å². The van der Waals surface area contributed by atoms with Crippen molar-refractivity contribution in [3.63, 3.8) is 0 Å². The van der Waals surface area contributed by atoms with Crippen molar-refractivity contribution in [3.05, 3.63) is 23.9 Å². The molecule has 0 aliphatic carbocycles. The molecule has 1 rings (SSSR count). The van der Waals surface area contributed by atoms with Gasteiger partial charge in [0.05, 0.1) is 0 Å². The number of halogens is 3. The van der Waals surface area contributed by atoms with Gasteiger partial charge in [-0.3, -0.25) is 0 Å². The van der Waals surface area contributed by atoms with Gasteiger partial charge >= 0.3 is 6.18 Å². The van der Waals surface area contributed by atoms with Crippen LogP contribution >= 0.6 is 0 Å². The fraction of sp³-hybridized carbons (Fsp3) is 0.545. The van der Waals surface area contributed by atoms with Crippen molar-refractivity contribution in [2.24, 2.45) is 5.73 Å². The van der Waals surface area contributed by atoms with Crippen molar-refractivity contribution < 1.29 is 21.6 Å². The average molecular weight is 311 g/mol. The summed E-state index contributed by atoms with van der Waals surface area (Å²) in [6.45, 7) is 0.0318. The molecule has 0 saturated heterocycles. The summed E-state index contributed by atoms with van der Waals surface area (Å²) in [6, 6.07) is 2.59. The van der Waals surface area contributed by atoms with Crippen LogP contribution in [0.2, 0.25) is 0 Å². The van der Waals surface area contributed by atoms with Crippen LogP contribution in [0.5, 0.6) is 0 Å². The molecule has 114 valence electrons. The molecular formula is C11H16F3N3O2S. The number of rotatable bonds is 6. The normalized spacial score (nSPS) is 12.9. The molecule has 0 aliphatic rings. The number of nitrogens with two attached hydrogens (primary N) is 1. The van der Waals surface area contributed by atoms with Crippen LogP contribution in [0.15, 0.2) is 23.4 Å². The van der Waals surface area contributed by atoms with Crippen LogP contribution in [-0.2, 0) is 16.6 Å². The Hall–Kier alpha value is -1.19. The number of aromatic nitrogens is 1. The molecule has 1 heterocycles. The Balaban J connectivity index is 3.08. The van der Waals surface area contributed by atoms with E-state index in [1.807, 2.05) is 0 Å². The zero-order chi connectivity index (χ0) is 15.4. The van der Waals surface area contributed by atoms with E-state index in [2.05, 4.69) is 4.98 Å². The van der Waals surface area contributed by atoms with Crippen LogP contribution in [0.1, 0.15) is 18.9 Å². The average Bonchev–Trinajstić information content (AvgIpc) is 2.37. The van der Waals surface area contributed by atoms with E-state index in [0.29, 0.717) is 9.87 Å². The third kappa shape index (κ3) is 4.43. The SMILES string of the molecule is CCCN(CC(F)(F)F)S(=O)(=O)c1ccc(CN)cn1. The minimum absolute atomic E-state index is 0.175. The summed E-state index contributed by atoms with van der Waals surface area (Å²) >= 11 is 0. The van der Waals surface area contributed by atoms with Crippen molar-refractivity contribution in [1.29, 1.82) is 0 Å². The molecule has 0 radical (unpaired) electrons. The van der Waals surface area contributed by atoms with Crippen LogP contribution in [0.25, 0.3) is 0 Å². The van der Waals surface area contributed by atoms with Gasteiger partial charge < -0.3 is 5.73 Å². The first-order chi connectivity index (χ1) is 9.20. The Kier molecular flexibility index (Phi) is 5.49. The van der Waals surface area contributed by atoms with E-state index in [1.54, 1.807) is 6.92 Å². The summed E-state index contributed by atoms with van der Waals surface area (Å²) in [4.78, 5) is 3.68. The second-order valence-electron chi connectivity index (χ2n) is 4.16. The molecule has 20 heavy (non-hydrogen) atoms. The largest absolute Gasteiger partial charge is 0.402 e. The van der Waals surface area contributed by atoms with Crippen LogP contribution in [0, 0.1) is 0 Å². The molecule has 0 unspecified atom stereocenters. The lowest BCUT2D eigenvalue weighted by Gasteiger charge is -2.22. The Morgan fingerprint density at radius 1 is 1.35 bits per heavy atom. The van der Waals surface area contributed by atoms with Crippen LogP contribution in [-0.4, -0.2) is 37.0 Å². The minimum atomic E-state index is -4.60. The summed E-state index contributed by atoms with van der Waals surface area (Å²) < 4.78 is 62.0. The zero-order valence-corrected chi connectivity index (χ0v) is 11.7. The maximum atomic E-state index is 12.5. The van der Waals surface area contributed by atoms with E-state index in [4.69, 9.17) is 5.73 Å². The van der Waals surface area contributed by atoms with Crippen LogP contribution in [0.3, 0.4) is 0 Å². The smallest absolute Gasteiger partial charge is 0.326 e. The predicted octanol–water partition coefficient (Wildman–Crippen LogP) is 1.50. The number of alkyl halides is 3. The Morgan fingerprint density at radius 3 is 2.40 bits per heavy atom. The standard InChI is InChI=1S/C11H16F3N3O2S/c1-2-5-17(8-11(12,13)14)20(18,19)10-4-3-9(6-15)7-16-10/h3-4,7H,2,5-6,8,15H2,1H3. The lowest BCUT2D eigenvalue weighted by atomic mass is 10.3. The molecule has 0 atom stereocenters. The van der Waals surface area contributed by atoms with Crippen LogP contribution in [0.4, 0.5) is 13.2 Å². The van der Waals surface area contributed by atoms with E-state index in [1.165, 1.54) is 12.3 Å². The van der Waals surface area contributed by atoms with Crippen LogP contribution < -0.4 is 5.73 Å². The van der Waals surface area contributed by atoms with E-state index in [-0.39, 0.29) is 19.5 Å². The molecule has 9 heteroatoms. The summed E-state index contributed by atoms with van der Waals surface area (Å²) in [6.07, 6.45) is -3.08. The van der Waals surface area contributed by atoms with Gasteiger partial charge in [-0.2, -0.15) is 17.5 Å². The van der Waals surface area contributed by atoms with E-state index >= 15 is 0 Å². The zero-order valence-electron chi connectivity index (χ0n) is 10.9. The Morgan fingerprint density at radius 2 is 2.00 bits per heavy atom. The fourth-order valence-corrected chi connectivity index (χ4v) is 2.98. The molecule has 0 fully saturated rings. The first kappa shape index (κ1) is 16.9. The Labute approximate surface area is 115 Å². The third-order valence-corrected chi connectivity index (χ3v) is 4.23. The summed E-state index contributed by atoms with van der Waals surface area (Å²) in [5.74, 6) is 0. The van der Waals surface area contributed by atoms with E-state index < -0.39 is 27.8 Å². The third-order valence-electron chi connectivity index (χ3n) is 2.47. The van der Waals surface area contributed by atoms with E-state index in [0.717, 1.165) is 6.07 Å². The van der Waals surface area contributed by atoms with Gasteiger partial charge in [0.25, 0.3) is 10.0 Å². The molecule has 0 bridgehead atoms. The first-order valence-corrected chi connectivity index (χ1v) is 7.36. The number of pyridine rings is 1. The topological polar surface area (TPSA) is 76.3 Å². The van der Waals surface area contributed by atoms with Gasteiger partial charge in [-0.1, -0.05) is 13.0 Å². The monoisotopic (exact) mass is 311 g/mol. The highest BCUT2D eigenvalue weighted by Gasteiger charge is 2.37. The maximum Gasteiger partial charge on any atom is 0.402 e. The van der Waals surface area contributed by atoms with Crippen molar-refractivity contribution in [2.75, 3.05) is 13.1 Å². The molecule has 0 spiro atoms. The highest BCUT2D eigenvalue weighted by atomic mass is 32.2. The summed E-state index contributed by atoms with van der Waals surface area (Å²) in [5.41, 5.74) is 5.95. The number of hydrogen-bond acceptors (Lipinski definition) is 4. The molecule has 5 nitrogen and oxygen atoms in total. The lowest BCUT2D eigenvalue weighted by Crippen LogP contribution is -2.39. The summed E-state index contributed by atoms with van der Waals surface area (Å²) in [7, 11) is -4.26. The van der Waals surface area contributed by atoms with Crippen molar-refractivity contribution in [1.82, 2.24) is 9.29 Å². The molecule has 2 N–H and O–H groups in total. The van der Waals surface area contributed by atoms with E-state index in [9.17, 15) is 21.6 Å². The van der Waals surface area contributed by atoms with Gasteiger partial charge in [0.15, 0.2) is 5.03 Å². The Bertz CT molecular complexity index is 529. The lowest BCUT2D eigenvalue weighted by molar-refractivity contribution is -0.136. The second-order valence-corrected chi connectivity index (χ2v) is 6.05. The molecule has 0 aromatic carbocycles. The quantitative estimate of drug-likeness (QED) is 0.864.